The number of benzene rings is 2. The molecule has 0 heterocycles. The Kier molecular flexibility index (Phi) is 7.71. The minimum atomic E-state index is -0.172. The molecule has 2 aromatic rings. The van der Waals surface area contributed by atoms with Crippen LogP contribution < -0.4 is 10.6 Å². The van der Waals surface area contributed by atoms with Crippen LogP contribution in [0.15, 0.2) is 48.5 Å². The first-order valence-corrected chi connectivity index (χ1v) is 8.12. The van der Waals surface area contributed by atoms with Crippen LogP contribution in [0.5, 0.6) is 0 Å². The molecular weight excluding hydrogens is 328 g/mol. The summed E-state index contributed by atoms with van der Waals surface area (Å²) in [6, 6.07) is 14.4. The number of aliphatic hydroxyl groups excluding tert-OH is 1. The molecule has 24 heavy (non-hydrogen) atoms. The van der Waals surface area contributed by atoms with Gasteiger partial charge in [-0.1, -0.05) is 23.7 Å². The fourth-order valence-corrected chi connectivity index (χ4v) is 2.23. The summed E-state index contributed by atoms with van der Waals surface area (Å²) in [5.74, 6) is -0.172. The number of carbonyl (C=O) groups excluding carboxylic acids is 1. The largest absolute Gasteiger partial charge is 0.394 e. The van der Waals surface area contributed by atoms with Crippen molar-refractivity contribution in [1.29, 1.82) is 0 Å². The molecule has 0 aliphatic carbocycles. The first kappa shape index (κ1) is 18.4. The molecule has 0 saturated heterocycles. The van der Waals surface area contributed by atoms with Gasteiger partial charge in [0.1, 0.15) is 0 Å². The number of anilines is 1. The third-order valence-electron chi connectivity index (χ3n) is 3.28. The Labute approximate surface area is 146 Å². The van der Waals surface area contributed by atoms with E-state index in [0.717, 1.165) is 11.3 Å². The van der Waals surface area contributed by atoms with Gasteiger partial charge in [0.2, 0.25) is 0 Å². The molecule has 0 radical (unpaired) electrons. The second kappa shape index (κ2) is 10.1. The van der Waals surface area contributed by atoms with Crippen molar-refractivity contribution >= 4 is 23.2 Å². The van der Waals surface area contributed by atoms with E-state index in [-0.39, 0.29) is 12.5 Å². The molecule has 0 atom stereocenters. The molecule has 3 N–H and O–H groups in total. The van der Waals surface area contributed by atoms with Gasteiger partial charge in [0.05, 0.1) is 19.8 Å². The maximum absolute atomic E-state index is 12.2. The number of hydrogen-bond donors (Lipinski definition) is 3. The topological polar surface area (TPSA) is 70.6 Å². The second-order valence-corrected chi connectivity index (χ2v) is 5.61. The van der Waals surface area contributed by atoms with E-state index in [0.29, 0.717) is 36.9 Å². The maximum atomic E-state index is 12.2. The highest BCUT2D eigenvalue weighted by Gasteiger charge is 2.06. The molecular formula is C18H21ClN2O3. The van der Waals surface area contributed by atoms with Crippen molar-refractivity contribution in [2.45, 2.75) is 6.54 Å². The van der Waals surface area contributed by atoms with Gasteiger partial charge in [-0.2, -0.15) is 0 Å². The zero-order chi connectivity index (χ0) is 17.2. The molecule has 0 bridgehead atoms. The molecule has 0 unspecified atom stereocenters. The zero-order valence-electron chi connectivity index (χ0n) is 13.3. The van der Waals surface area contributed by atoms with Gasteiger partial charge in [-0.05, 0) is 42.0 Å². The number of hydrogen-bond acceptors (Lipinski definition) is 4. The molecule has 6 heteroatoms. The van der Waals surface area contributed by atoms with Crippen LogP contribution in [0, 0.1) is 0 Å². The third kappa shape index (κ3) is 6.29. The summed E-state index contributed by atoms with van der Waals surface area (Å²) in [4.78, 5) is 12.2. The summed E-state index contributed by atoms with van der Waals surface area (Å²) >= 11 is 5.83. The molecule has 5 nitrogen and oxygen atoms in total. The lowest BCUT2D eigenvalue weighted by Crippen LogP contribution is -2.20. The minimum Gasteiger partial charge on any atom is -0.394 e. The van der Waals surface area contributed by atoms with Crippen molar-refractivity contribution < 1.29 is 14.6 Å². The van der Waals surface area contributed by atoms with E-state index in [4.69, 9.17) is 21.4 Å². The normalized spacial score (nSPS) is 10.6. The molecule has 0 fully saturated rings. The fraction of sp³-hybridized carbons (Fsp3) is 0.278. The van der Waals surface area contributed by atoms with Gasteiger partial charge < -0.3 is 20.5 Å². The molecule has 1 amide bonds. The summed E-state index contributed by atoms with van der Waals surface area (Å²) < 4.78 is 5.18. The predicted molar refractivity (Wildman–Crippen MR) is 95.5 cm³/mol. The SMILES string of the molecule is O=C(Nc1cccc(CNCCOCCO)c1)c1ccc(Cl)cc1. The second-order valence-electron chi connectivity index (χ2n) is 5.17. The Morgan fingerprint density at radius 1 is 1.12 bits per heavy atom. The first-order valence-electron chi connectivity index (χ1n) is 7.74. The predicted octanol–water partition coefficient (Wildman–Crippen LogP) is 2.69. The molecule has 2 aromatic carbocycles. The molecule has 2 rings (SSSR count). The van der Waals surface area contributed by atoms with Crippen molar-refractivity contribution in [1.82, 2.24) is 5.32 Å². The van der Waals surface area contributed by atoms with E-state index >= 15 is 0 Å². The van der Waals surface area contributed by atoms with Crippen molar-refractivity contribution in [3.8, 4) is 0 Å². The average Bonchev–Trinajstić information content (AvgIpc) is 2.59. The van der Waals surface area contributed by atoms with Gasteiger partial charge in [0, 0.05) is 29.4 Å². The minimum absolute atomic E-state index is 0.0371. The van der Waals surface area contributed by atoms with Crippen LogP contribution in [-0.2, 0) is 11.3 Å². The van der Waals surface area contributed by atoms with E-state index in [9.17, 15) is 4.79 Å². The Hall–Kier alpha value is -1.92. The number of ether oxygens (including phenoxy) is 1. The van der Waals surface area contributed by atoms with Crippen molar-refractivity contribution in [2.24, 2.45) is 0 Å². The van der Waals surface area contributed by atoms with E-state index in [1.807, 2.05) is 24.3 Å². The molecule has 0 spiro atoms. The van der Waals surface area contributed by atoms with Crippen LogP contribution >= 0.6 is 11.6 Å². The molecule has 0 saturated carbocycles. The van der Waals surface area contributed by atoms with Crippen molar-refractivity contribution in [3.05, 3.63) is 64.7 Å². The third-order valence-corrected chi connectivity index (χ3v) is 3.53. The molecule has 0 aliphatic heterocycles. The summed E-state index contributed by atoms with van der Waals surface area (Å²) in [7, 11) is 0. The Morgan fingerprint density at radius 3 is 2.67 bits per heavy atom. The lowest BCUT2D eigenvalue weighted by Gasteiger charge is -2.09. The molecule has 128 valence electrons. The highest BCUT2D eigenvalue weighted by molar-refractivity contribution is 6.30. The fourth-order valence-electron chi connectivity index (χ4n) is 2.11. The van der Waals surface area contributed by atoms with Gasteiger partial charge >= 0.3 is 0 Å². The zero-order valence-corrected chi connectivity index (χ0v) is 14.1. The van der Waals surface area contributed by atoms with Crippen LogP contribution in [-0.4, -0.2) is 37.4 Å². The highest BCUT2D eigenvalue weighted by Crippen LogP contribution is 2.14. The smallest absolute Gasteiger partial charge is 0.255 e. The van der Waals surface area contributed by atoms with Crippen molar-refractivity contribution in [3.63, 3.8) is 0 Å². The average molecular weight is 349 g/mol. The van der Waals surface area contributed by atoms with Gasteiger partial charge in [-0.15, -0.1) is 0 Å². The quantitative estimate of drug-likeness (QED) is 0.609. The van der Waals surface area contributed by atoms with E-state index in [1.165, 1.54) is 0 Å². The Bertz CT molecular complexity index is 647. The number of nitrogens with one attached hydrogen (secondary N) is 2. The van der Waals surface area contributed by atoms with Crippen LogP contribution in [0.2, 0.25) is 5.02 Å². The van der Waals surface area contributed by atoms with E-state index in [2.05, 4.69) is 10.6 Å². The summed E-state index contributed by atoms with van der Waals surface area (Å²) in [6.45, 7) is 2.31. The number of halogens is 1. The van der Waals surface area contributed by atoms with Gasteiger partial charge in [0.25, 0.3) is 5.91 Å². The van der Waals surface area contributed by atoms with Gasteiger partial charge in [-0.25, -0.2) is 0 Å². The molecule has 0 aliphatic rings. The van der Waals surface area contributed by atoms with Crippen LogP contribution in [0.25, 0.3) is 0 Å². The summed E-state index contributed by atoms with van der Waals surface area (Å²) in [6.07, 6.45) is 0. The first-order chi connectivity index (χ1) is 11.7. The molecule has 0 aromatic heterocycles. The number of rotatable bonds is 9. The maximum Gasteiger partial charge on any atom is 0.255 e. The van der Waals surface area contributed by atoms with Crippen molar-refractivity contribution in [2.75, 3.05) is 31.7 Å². The van der Waals surface area contributed by atoms with Gasteiger partial charge in [-0.3, -0.25) is 4.79 Å². The van der Waals surface area contributed by atoms with Crippen LogP contribution in [0.3, 0.4) is 0 Å². The highest BCUT2D eigenvalue weighted by atomic mass is 35.5. The van der Waals surface area contributed by atoms with E-state index in [1.54, 1.807) is 24.3 Å². The Balaban J connectivity index is 1.83. The standard InChI is InChI=1S/C18H21ClN2O3/c19-16-6-4-15(5-7-16)18(23)21-17-3-1-2-14(12-17)13-20-8-10-24-11-9-22/h1-7,12,20,22H,8-11,13H2,(H,21,23). The lowest BCUT2D eigenvalue weighted by atomic mass is 10.1. The number of carbonyl (C=O) groups is 1. The Morgan fingerprint density at radius 2 is 1.92 bits per heavy atom. The van der Waals surface area contributed by atoms with Crippen LogP contribution in [0.1, 0.15) is 15.9 Å². The summed E-state index contributed by atoms with van der Waals surface area (Å²) in [5, 5.41) is 15.3. The monoisotopic (exact) mass is 348 g/mol. The van der Waals surface area contributed by atoms with E-state index < -0.39 is 0 Å². The summed E-state index contributed by atoms with van der Waals surface area (Å²) in [5.41, 5.74) is 2.36. The lowest BCUT2D eigenvalue weighted by molar-refractivity contribution is 0.0938. The number of aliphatic hydroxyl groups is 1. The van der Waals surface area contributed by atoms with Gasteiger partial charge in [0.15, 0.2) is 0 Å². The van der Waals surface area contributed by atoms with Crippen LogP contribution in [0.4, 0.5) is 5.69 Å². The number of amides is 1.